The summed E-state index contributed by atoms with van der Waals surface area (Å²) in [5.74, 6) is -0.931. The fraction of sp³-hybridized carbons (Fsp3) is 0.0714. The van der Waals surface area contributed by atoms with E-state index in [0.29, 0.717) is 10.7 Å². The van der Waals surface area contributed by atoms with Crippen molar-refractivity contribution in [3.05, 3.63) is 47.1 Å². The van der Waals surface area contributed by atoms with E-state index in [4.69, 9.17) is 5.11 Å². The lowest BCUT2D eigenvalue weighted by Crippen LogP contribution is -1.94. The summed E-state index contributed by atoms with van der Waals surface area (Å²) in [7, 11) is 0. The lowest BCUT2D eigenvalue weighted by atomic mass is 10.1. The summed E-state index contributed by atoms with van der Waals surface area (Å²) < 4.78 is 0. The van der Waals surface area contributed by atoms with E-state index in [-0.39, 0.29) is 4.88 Å². The highest BCUT2D eigenvalue weighted by molar-refractivity contribution is 7.17. The number of pyridine rings is 1. The zero-order valence-corrected chi connectivity index (χ0v) is 10.9. The van der Waals surface area contributed by atoms with Crippen molar-refractivity contribution in [2.24, 2.45) is 0 Å². The molecule has 1 aromatic carbocycles. The molecule has 0 aliphatic rings. The molecule has 0 amide bonds. The predicted molar refractivity (Wildman–Crippen MR) is 74.5 cm³/mol. The first-order chi connectivity index (χ1) is 9.16. The Morgan fingerprint density at radius 2 is 2.05 bits per heavy atom. The summed E-state index contributed by atoms with van der Waals surface area (Å²) >= 11 is 1.20. The molecule has 0 aliphatic heterocycles. The lowest BCUT2D eigenvalue weighted by molar-refractivity contribution is 0.0701. The first-order valence-electron chi connectivity index (χ1n) is 5.71. The summed E-state index contributed by atoms with van der Waals surface area (Å²) in [6.07, 6.45) is 1.72. The quantitative estimate of drug-likeness (QED) is 0.775. The molecule has 0 atom stereocenters. The van der Waals surface area contributed by atoms with Gasteiger partial charge in [0.25, 0.3) is 0 Å². The Labute approximate surface area is 113 Å². The van der Waals surface area contributed by atoms with Gasteiger partial charge in [-0.3, -0.25) is 4.98 Å². The van der Waals surface area contributed by atoms with E-state index >= 15 is 0 Å². The summed E-state index contributed by atoms with van der Waals surface area (Å²) in [4.78, 5) is 20.0. The molecule has 0 saturated heterocycles. The average molecular weight is 270 g/mol. The second kappa shape index (κ2) is 4.44. The van der Waals surface area contributed by atoms with Gasteiger partial charge in [-0.2, -0.15) is 0 Å². The van der Waals surface area contributed by atoms with Crippen LogP contribution in [0.15, 0.2) is 36.5 Å². The minimum absolute atomic E-state index is 0.288. The molecule has 5 heteroatoms. The molecule has 1 N–H and O–H groups in total. The number of benzene rings is 1. The van der Waals surface area contributed by atoms with Gasteiger partial charge in [-0.15, -0.1) is 11.3 Å². The fourth-order valence-corrected chi connectivity index (χ4v) is 2.94. The number of carboxylic acid groups (broad SMARTS) is 1. The van der Waals surface area contributed by atoms with Crippen LogP contribution in [0.3, 0.4) is 0 Å². The van der Waals surface area contributed by atoms with Gasteiger partial charge in [0, 0.05) is 17.1 Å². The van der Waals surface area contributed by atoms with Crippen LogP contribution >= 0.6 is 11.3 Å². The Kier molecular flexibility index (Phi) is 2.76. The number of rotatable bonds is 2. The molecule has 94 valence electrons. The van der Waals surface area contributed by atoms with Crippen LogP contribution in [0, 0.1) is 6.92 Å². The van der Waals surface area contributed by atoms with Crippen LogP contribution in [-0.4, -0.2) is 21.0 Å². The largest absolute Gasteiger partial charge is 0.477 e. The molecule has 2 heterocycles. The van der Waals surface area contributed by atoms with Gasteiger partial charge in [-0.05, 0) is 19.1 Å². The Morgan fingerprint density at radius 3 is 2.79 bits per heavy atom. The maximum Gasteiger partial charge on any atom is 0.347 e. The second-order valence-electron chi connectivity index (χ2n) is 4.11. The fourth-order valence-electron chi connectivity index (χ4n) is 1.99. The molecule has 0 saturated carbocycles. The van der Waals surface area contributed by atoms with E-state index in [1.54, 1.807) is 13.1 Å². The van der Waals surface area contributed by atoms with Crippen molar-refractivity contribution in [2.75, 3.05) is 0 Å². The van der Waals surface area contributed by atoms with E-state index in [1.165, 1.54) is 11.3 Å². The lowest BCUT2D eigenvalue weighted by Gasteiger charge is -2.01. The van der Waals surface area contributed by atoms with Crippen molar-refractivity contribution in [2.45, 2.75) is 6.92 Å². The standard InChI is InChI=1S/C14H10N2O2S/c1-8-12(14(17)18)19-13(16-8)10-6-7-15-11-5-3-2-4-9(10)11/h2-7H,1H3,(H,17,18). The number of aromatic nitrogens is 2. The average Bonchev–Trinajstić information content (AvgIpc) is 2.80. The number of carbonyl (C=O) groups is 1. The van der Waals surface area contributed by atoms with Crippen LogP contribution < -0.4 is 0 Å². The first kappa shape index (κ1) is 11.8. The van der Waals surface area contributed by atoms with Gasteiger partial charge in [0.1, 0.15) is 9.88 Å². The molecule has 3 rings (SSSR count). The van der Waals surface area contributed by atoms with Crippen LogP contribution in [0.1, 0.15) is 15.4 Å². The monoisotopic (exact) mass is 270 g/mol. The summed E-state index contributed by atoms with van der Waals surface area (Å²) in [6.45, 7) is 1.72. The molecule has 2 aromatic heterocycles. The number of fused-ring (bicyclic) bond motifs is 1. The van der Waals surface area contributed by atoms with Gasteiger partial charge < -0.3 is 5.11 Å². The van der Waals surface area contributed by atoms with E-state index in [0.717, 1.165) is 16.5 Å². The van der Waals surface area contributed by atoms with Crippen LogP contribution in [0.4, 0.5) is 0 Å². The van der Waals surface area contributed by atoms with Gasteiger partial charge in [-0.1, -0.05) is 18.2 Å². The zero-order chi connectivity index (χ0) is 13.4. The summed E-state index contributed by atoms with van der Waals surface area (Å²) in [5.41, 5.74) is 2.35. The molecular formula is C14H10N2O2S. The smallest absolute Gasteiger partial charge is 0.347 e. The Hall–Kier alpha value is -2.27. The molecule has 0 radical (unpaired) electrons. The third-order valence-corrected chi connectivity index (χ3v) is 4.05. The van der Waals surface area contributed by atoms with Crippen molar-refractivity contribution in [1.29, 1.82) is 0 Å². The van der Waals surface area contributed by atoms with Crippen molar-refractivity contribution in [3.63, 3.8) is 0 Å². The first-order valence-corrected chi connectivity index (χ1v) is 6.53. The van der Waals surface area contributed by atoms with Crippen molar-refractivity contribution >= 4 is 28.2 Å². The van der Waals surface area contributed by atoms with Gasteiger partial charge in [0.2, 0.25) is 0 Å². The Morgan fingerprint density at radius 1 is 1.26 bits per heavy atom. The zero-order valence-electron chi connectivity index (χ0n) is 10.1. The maximum atomic E-state index is 11.1. The number of carboxylic acids is 1. The van der Waals surface area contributed by atoms with E-state index in [2.05, 4.69) is 9.97 Å². The van der Waals surface area contributed by atoms with Gasteiger partial charge >= 0.3 is 5.97 Å². The SMILES string of the molecule is Cc1nc(-c2ccnc3ccccc23)sc1C(=O)O. The number of hydrogen-bond acceptors (Lipinski definition) is 4. The highest BCUT2D eigenvalue weighted by Crippen LogP contribution is 2.32. The summed E-state index contributed by atoms with van der Waals surface area (Å²) in [5, 5.41) is 10.8. The minimum Gasteiger partial charge on any atom is -0.477 e. The normalized spacial score (nSPS) is 10.8. The summed E-state index contributed by atoms with van der Waals surface area (Å²) in [6, 6.07) is 9.62. The molecule has 0 fully saturated rings. The highest BCUT2D eigenvalue weighted by atomic mass is 32.1. The second-order valence-corrected chi connectivity index (χ2v) is 5.11. The van der Waals surface area contributed by atoms with Crippen LogP contribution in [0.25, 0.3) is 21.5 Å². The van der Waals surface area contributed by atoms with Crippen molar-refractivity contribution in [1.82, 2.24) is 9.97 Å². The van der Waals surface area contributed by atoms with E-state index < -0.39 is 5.97 Å². The number of aromatic carboxylic acids is 1. The predicted octanol–water partition coefficient (Wildman–Crippen LogP) is 3.36. The molecule has 0 spiro atoms. The number of thiazole rings is 1. The maximum absolute atomic E-state index is 11.1. The third kappa shape index (κ3) is 1.98. The number of para-hydroxylation sites is 1. The van der Waals surface area contributed by atoms with Crippen molar-refractivity contribution in [3.8, 4) is 10.6 Å². The highest BCUT2D eigenvalue weighted by Gasteiger charge is 2.16. The number of nitrogens with zero attached hydrogens (tertiary/aromatic N) is 2. The number of hydrogen-bond donors (Lipinski definition) is 1. The number of aryl methyl sites for hydroxylation is 1. The van der Waals surface area contributed by atoms with E-state index in [9.17, 15) is 4.79 Å². The molecule has 4 nitrogen and oxygen atoms in total. The topological polar surface area (TPSA) is 63.1 Å². The molecular weight excluding hydrogens is 260 g/mol. The van der Waals surface area contributed by atoms with Crippen LogP contribution in [-0.2, 0) is 0 Å². The molecule has 0 bridgehead atoms. The Bertz CT molecular complexity index is 775. The Balaban J connectivity index is 2.25. The van der Waals surface area contributed by atoms with E-state index in [1.807, 2.05) is 30.3 Å². The molecule has 0 aliphatic carbocycles. The van der Waals surface area contributed by atoms with Crippen LogP contribution in [0.5, 0.6) is 0 Å². The van der Waals surface area contributed by atoms with Gasteiger partial charge in [0.05, 0.1) is 11.2 Å². The van der Waals surface area contributed by atoms with Crippen molar-refractivity contribution < 1.29 is 9.90 Å². The minimum atomic E-state index is -0.931. The van der Waals surface area contributed by atoms with Crippen LogP contribution in [0.2, 0.25) is 0 Å². The molecule has 3 aromatic rings. The molecule has 0 unspecified atom stereocenters. The van der Waals surface area contributed by atoms with Gasteiger partial charge in [-0.25, -0.2) is 9.78 Å². The third-order valence-electron chi connectivity index (χ3n) is 2.87. The van der Waals surface area contributed by atoms with Gasteiger partial charge in [0.15, 0.2) is 0 Å². The molecule has 19 heavy (non-hydrogen) atoms.